The summed E-state index contributed by atoms with van der Waals surface area (Å²) in [6.45, 7) is 6.65. The highest BCUT2D eigenvalue weighted by atomic mass is 16.5. The number of hydrogen-bond donors (Lipinski definition) is 1. The van der Waals surface area contributed by atoms with Crippen LogP contribution in [-0.4, -0.2) is 33.5 Å². The number of rotatable bonds is 7. The SMILES string of the molecule is Cc1ccc(OCC(=O)NC(Cn2nccn2)C(C)C)cc1. The van der Waals surface area contributed by atoms with Gasteiger partial charge in [-0.3, -0.25) is 4.79 Å². The maximum Gasteiger partial charge on any atom is 0.258 e. The van der Waals surface area contributed by atoms with Gasteiger partial charge in [0.2, 0.25) is 0 Å². The number of carbonyl (C=O) groups excluding carboxylic acids is 1. The molecule has 22 heavy (non-hydrogen) atoms. The molecule has 0 aliphatic carbocycles. The normalized spacial score (nSPS) is 12.2. The predicted molar refractivity (Wildman–Crippen MR) is 83.5 cm³/mol. The Bertz CT molecular complexity index is 579. The van der Waals surface area contributed by atoms with Gasteiger partial charge in [0.1, 0.15) is 5.75 Å². The Kier molecular flexibility index (Phi) is 5.52. The second-order valence-electron chi connectivity index (χ2n) is 5.60. The number of hydrogen-bond acceptors (Lipinski definition) is 4. The van der Waals surface area contributed by atoms with Gasteiger partial charge >= 0.3 is 0 Å². The molecule has 1 aromatic carbocycles. The number of aromatic nitrogens is 3. The van der Waals surface area contributed by atoms with E-state index in [1.807, 2.05) is 31.2 Å². The van der Waals surface area contributed by atoms with Gasteiger partial charge in [-0.05, 0) is 25.0 Å². The van der Waals surface area contributed by atoms with E-state index in [0.29, 0.717) is 12.3 Å². The molecule has 1 unspecified atom stereocenters. The molecular weight excluding hydrogens is 280 g/mol. The molecule has 6 nitrogen and oxygen atoms in total. The number of nitrogens with one attached hydrogen (secondary N) is 1. The minimum Gasteiger partial charge on any atom is -0.484 e. The predicted octanol–water partition coefficient (Wildman–Crippen LogP) is 1.81. The molecule has 0 spiro atoms. The highest BCUT2D eigenvalue weighted by Gasteiger charge is 2.17. The molecule has 2 aromatic rings. The number of nitrogens with zero attached hydrogens (tertiary/aromatic N) is 3. The molecule has 118 valence electrons. The van der Waals surface area contributed by atoms with Crippen molar-refractivity contribution in [3.63, 3.8) is 0 Å². The van der Waals surface area contributed by atoms with Gasteiger partial charge in [0.25, 0.3) is 5.91 Å². The minimum atomic E-state index is -0.147. The van der Waals surface area contributed by atoms with Gasteiger partial charge in [0.15, 0.2) is 6.61 Å². The molecule has 0 saturated heterocycles. The van der Waals surface area contributed by atoms with E-state index in [1.165, 1.54) is 0 Å². The standard InChI is InChI=1S/C16H22N4O2/c1-12(2)15(10-20-17-8-9-18-20)19-16(21)11-22-14-6-4-13(3)5-7-14/h4-9,12,15H,10-11H2,1-3H3,(H,19,21). The number of benzene rings is 1. The van der Waals surface area contributed by atoms with Gasteiger partial charge in [-0.1, -0.05) is 31.5 Å². The van der Waals surface area contributed by atoms with E-state index in [0.717, 1.165) is 5.56 Å². The Morgan fingerprint density at radius 1 is 1.23 bits per heavy atom. The van der Waals surface area contributed by atoms with E-state index in [1.54, 1.807) is 17.2 Å². The molecule has 0 bridgehead atoms. The zero-order valence-electron chi connectivity index (χ0n) is 13.2. The molecule has 0 saturated carbocycles. The highest BCUT2D eigenvalue weighted by molar-refractivity contribution is 5.77. The largest absolute Gasteiger partial charge is 0.484 e. The summed E-state index contributed by atoms with van der Waals surface area (Å²) in [7, 11) is 0. The van der Waals surface area contributed by atoms with E-state index in [-0.39, 0.29) is 24.5 Å². The topological polar surface area (TPSA) is 69.0 Å². The van der Waals surface area contributed by atoms with Gasteiger partial charge < -0.3 is 10.1 Å². The summed E-state index contributed by atoms with van der Waals surface area (Å²) in [6.07, 6.45) is 3.25. The van der Waals surface area contributed by atoms with E-state index >= 15 is 0 Å². The van der Waals surface area contributed by atoms with Crippen LogP contribution in [0.5, 0.6) is 5.75 Å². The molecule has 0 radical (unpaired) electrons. The lowest BCUT2D eigenvalue weighted by Gasteiger charge is -2.21. The Morgan fingerprint density at radius 2 is 1.86 bits per heavy atom. The first-order valence-electron chi connectivity index (χ1n) is 7.37. The Labute approximate surface area is 130 Å². The van der Waals surface area contributed by atoms with Crippen molar-refractivity contribution in [2.45, 2.75) is 33.4 Å². The first-order chi connectivity index (χ1) is 10.5. The average molecular weight is 302 g/mol. The van der Waals surface area contributed by atoms with Crippen LogP contribution in [-0.2, 0) is 11.3 Å². The monoisotopic (exact) mass is 302 g/mol. The van der Waals surface area contributed by atoms with E-state index in [2.05, 4.69) is 29.4 Å². The zero-order valence-corrected chi connectivity index (χ0v) is 13.2. The summed E-state index contributed by atoms with van der Waals surface area (Å²) >= 11 is 0. The van der Waals surface area contributed by atoms with Crippen molar-refractivity contribution >= 4 is 5.91 Å². The van der Waals surface area contributed by atoms with Crippen LogP contribution in [0.2, 0.25) is 0 Å². The lowest BCUT2D eigenvalue weighted by Crippen LogP contribution is -2.44. The van der Waals surface area contributed by atoms with Gasteiger partial charge in [-0.25, -0.2) is 0 Å². The molecule has 0 aliphatic heterocycles. The van der Waals surface area contributed by atoms with Crippen molar-refractivity contribution < 1.29 is 9.53 Å². The molecule has 1 N–H and O–H groups in total. The fraction of sp³-hybridized carbons (Fsp3) is 0.438. The third-order valence-corrected chi connectivity index (χ3v) is 3.37. The molecule has 0 fully saturated rings. The number of carbonyl (C=O) groups is 1. The molecular formula is C16H22N4O2. The number of aryl methyl sites for hydroxylation is 1. The molecule has 1 amide bonds. The number of amides is 1. The van der Waals surface area contributed by atoms with Crippen LogP contribution >= 0.6 is 0 Å². The van der Waals surface area contributed by atoms with Crippen molar-refractivity contribution in [3.8, 4) is 5.75 Å². The van der Waals surface area contributed by atoms with Crippen LogP contribution in [0.15, 0.2) is 36.7 Å². The van der Waals surface area contributed by atoms with E-state index in [9.17, 15) is 4.79 Å². The maximum atomic E-state index is 12.0. The second-order valence-corrected chi connectivity index (χ2v) is 5.60. The summed E-state index contributed by atoms with van der Waals surface area (Å²) in [6, 6.07) is 7.58. The van der Waals surface area contributed by atoms with Crippen LogP contribution < -0.4 is 10.1 Å². The van der Waals surface area contributed by atoms with Gasteiger partial charge in [0, 0.05) is 0 Å². The van der Waals surface area contributed by atoms with Crippen molar-refractivity contribution in [2.75, 3.05) is 6.61 Å². The van der Waals surface area contributed by atoms with Crippen LogP contribution in [0.4, 0.5) is 0 Å². The van der Waals surface area contributed by atoms with Crippen LogP contribution in [0.3, 0.4) is 0 Å². The fourth-order valence-electron chi connectivity index (χ4n) is 1.97. The fourth-order valence-corrected chi connectivity index (χ4v) is 1.97. The lowest BCUT2D eigenvalue weighted by atomic mass is 10.0. The Morgan fingerprint density at radius 3 is 2.45 bits per heavy atom. The first kappa shape index (κ1) is 16.0. The third kappa shape index (κ3) is 4.87. The molecule has 1 heterocycles. The average Bonchev–Trinajstić information content (AvgIpc) is 2.99. The van der Waals surface area contributed by atoms with Crippen molar-refractivity contribution in [3.05, 3.63) is 42.2 Å². The molecule has 1 aromatic heterocycles. The van der Waals surface area contributed by atoms with Crippen LogP contribution in [0.1, 0.15) is 19.4 Å². The highest BCUT2D eigenvalue weighted by Crippen LogP contribution is 2.11. The van der Waals surface area contributed by atoms with Crippen LogP contribution in [0.25, 0.3) is 0 Å². The maximum absolute atomic E-state index is 12.0. The first-order valence-corrected chi connectivity index (χ1v) is 7.37. The number of ether oxygens (including phenoxy) is 1. The Balaban J connectivity index is 1.84. The van der Waals surface area contributed by atoms with Crippen LogP contribution in [0, 0.1) is 12.8 Å². The Hall–Kier alpha value is -2.37. The van der Waals surface area contributed by atoms with E-state index < -0.39 is 0 Å². The van der Waals surface area contributed by atoms with Crippen molar-refractivity contribution in [1.29, 1.82) is 0 Å². The van der Waals surface area contributed by atoms with E-state index in [4.69, 9.17) is 4.74 Å². The van der Waals surface area contributed by atoms with Gasteiger partial charge in [-0.2, -0.15) is 15.0 Å². The molecule has 6 heteroatoms. The van der Waals surface area contributed by atoms with Gasteiger partial charge in [-0.15, -0.1) is 0 Å². The quantitative estimate of drug-likeness (QED) is 0.847. The smallest absolute Gasteiger partial charge is 0.258 e. The summed E-state index contributed by atoms with van der Waals surface area (Å²) in [5, 5.41) is 11.1. The summed E-state index contributed by atoms with van der Waals surface area (Å²) < 4.78 is 5.49. The zero-order chi connectivity index (χ0) is 15.9. The summed E-state index contributed by atoms with van der Waals surface area (Å²) in [5.74, 6) is 0.816. The van der Waals surface area contributed by atoms with Crippen molar-refractivity contribution in [2.24, 2.45) is 5.92 Å². The second kappa shape index (κ2) is 7.59. The minimum absolute atomic E-state index is 0.00117. The summed E-state index contributed by atoms with van der Waals surface area (Å²) in [4.78, 5) is 13.6. The summed E-state index contributed by atoms with van der Waals surface area (Å²) in [5.41, 5.74) is 1.16. The lowest BCUT2D eigenvalue weighted by molar-refractivity contribution is -0.124. The molecule has 1 atom stereocenters. The molecule has 0 aliphatic rings. The van der Waals surface area contributed by atoms with Gasteiger partial charge in [0.05, 0.1) is 25.0 Å². The third-order valence-electron chi connectivity index (χ3n) is 3.37. The molecule has 2 rings (SSSR count). The van der Waals surface area contributed by atoms with Crippen molar-refractivity contribution in [1.82, 2.24) is 20.3 Å².